The van der Waals surface area contributed by atoms with E-state index in [1.807, 2.05) is 49.4 Å². The lowest BCUT2D eigenvalue weighted by atomic mass is 9.98. The number of aryl methyl sites for hydroxylation is 1. The molecule has 4 rings (SSSR count). The van der Waals surface area contributed by atoms with Gasteiger partial charge in [-0.15, -0.1) is 0 Å². The van der Waals surface area contributed by atoms with E-state index in [9.17, 15) is 9.90 Å². The van der Waals surface area contributed by atoms with Crippen LogP contribution in [0, 0.1) is 6.92 Å². The van der Waals surface area contributed by atoms with Crippen LogP contribution in [0.3, 0.4) is 0 Å². The molecule has 0 unspecified atom stereocenters. The van der Waals surface area contributed by atoms with Crippen molar-refractivity contribution in [1.82, 2.24) is 15.0 Å². The molecule has 0 atom stereocenters. The van der Waals surface area contributed by atoms with Gasteiger partial charge in [0.05, 0.1) is 11.1 Å². The van der Waals surface area contributed by atoms with Gasteiger partial charge in [-0.2, -0.15) is 0 Å². The number of benzene rings is 2. The predicted molar refractivity (Wildman–Crippen MR) is 100 cm³/mol. The summed E-state index contributed by atoms with van der Waals surface area (Å²) in [6.45, 7) is 2.03. The molecular formula is C21H17N3O2. The van der Waals surface area contributed by atoms with Crippen LogP contribution < -0.4 is 0 Å². The molecule has 0 aliphatic rings. The van der Waals surface area contributed by atoms with E-state index in [0.717, 1.165) is 39.2 Å². The first-order valence-corrected chi connectivity index (χ1v) is 8.33. The van der Waals surface area contributed by atoms with Crippen LogP contribution in [-0.2, 0) is 6.42 Å². The number of carboxylic acids is 1. The van der Waals surface area contributed by atoms with Gasteiger partial charge in [0.15, 0.2) is 5.65 Å². The summed E-state index contributed by atoms with van der Waals surface area (Å²) >= 11 is 0. The van der Waals surface area contributed by atoms with Crippen molar-refractivity contribution >= 4 is 17.1 Å². The monoisotopic (exact) mass is 343 g/mol. The summed E-state index contributed by atoms with van der Waals surface area (Å²) in [5, 5.41) is 9.35. The number of aromatic carboxylic acids is 1. The second-order valence-electron chi connectivity index (χ2n) is 6.23. The number of rotatable bonds is 4. The van der Waals surface area contributed by atoms with Gasteiger partial charge in [0.1, 0.15) is 5.82 Å². The van der Waals surface area contributed by atoms with Crippen LogP contribution >= 0.6 is 0 Å². The number of hydrogen-bond acceptors (Lipinski definition) is 3. The number of nitrogens with zero attached hydrogens (tertiary/aromatic N) is 2. The minimum absolute atomic E-state index is 0.305. The summed E-state index contributed by atoms with van der Waals surface area (Å²) in [5.74, 6) is -0.0599. The van der Waals surface area contributed by atoms with E-state index in [4.69, 9.17) is 0 Å². The first kappa shape index (κ1) is 16.0. The molecule has 0 fully saturated rings. The molecular weight excluding hydrogens is 326 g/mol. The molecule has 2 aromatic heterocycles. The standard InChI is InChI=1S/C21H17N3O2/c1-13-10-11-22-20-19(13)23-18(24-20)12-14-6-8-15(9-7-14)16-4-2-3-5-17(16)21(25)26/h2-11H,12H2,1H3,(H,25,26)(H,22,23,24). The Morgan fingerprint density at radius 2 is 1.85 bits per heavy atom. The number of imidazole rings is 1. The normalized spacial score (nSPS) is 11.0. The lowest BCUT2D eigenvalue weighted by Crippen LogP contribution is -1.99. The van der Waals surface area contributed by atoms with Gasteiger partial charge >= 0.3 is 5.97 Å². The van der Waals surface area contributed by atoms with Crippen molar-refractivity contribution in [1.29, 1.82) is 0 Å². The highest BCUT2D eigenvalue weighted by Crippen LogP contribution is 2.25. The third-order valence-corrected chi connectivity index (χ3v) is 4.44. The molecule has 4 aromatic rings. The number of hydrogen-bond donors (Lipinski definition) is 2. The van der Waals surface area contributed by atoms with Crippen molar-refractivity contribution < 1.29 is 9.90 Å². The molecule has 0 bridgehead atoms. The number of carbonyl (C=O) groups is 1. The second-order valence-corrected chi connectivity index (χ2v) is 6.23. The Morgan fingerprint density at radius 3 is 2.58 bits per heavy atom. The SMILES string of the molecule is Cc1ccnc2nc(Cc3ccc(-c4ccccc4C(=O)O)cc3)[nH]c12. The summed E-state index contributed by atoms with van der Waals surface area (Å²) < 4.78 is 0. The lowest BCUT2D eigenvalue weighted by Gasteiger charge is -2.07. The van der Waals surface area contributed by atoms with Gasteiger partial charge in [0, 0.05) is 12.6 Å². The van der Waals surface area contributed by atoms with E-state index >= 15 is 0 Å². The number of aromatic nitrogens is 3. The average Bonchev–Trinajstić information content (AvgIpc) is 3.06. The van der Waals surface area contributed by atoms with Gasteiger partial charge in [0.25, 0.3) is 0 Å². The molecule has 0 radical (unpaired) electrons. The molecule has 5 heteroatoms. The minimum atomic E-state index is -0.921. The fourth-order valence-electron chi connectivity index (χ4n) is 3.08. The van der Waals surface area contributed by atoms with Crippen LogP contribution in [0.1, 0.15) is 27.3 Å². The third-order valence-electron chi connectivity index (χ3n) is 4.44. The Bertz CT molecular complexity index is 1100. The number of aromatic amines is 1. The van der Waals surface area contributed by atoms with Crippen molar-refractivity contribution in [2.24, 2.45) is 0 Å². The van der Waals surface area contributed by atoms with Crippen molar-refractivity contribution in [3.63, 3.8) is 0 Å². The number of H-pyrrole nitrogens is 1. The average molecular weight is 343 g/mol. The zero-order valence-corrected chi connectivity index (χ0v) is 14.2. The maximum absolute atomic E-state index is 11.4. The Hall–Kier alpha value is -3.47. The minimum Gasteiger partial charge on any atom is -0.478 e. The van der Waals surface area contributed by atoms with E-state index in [2.05, 4.69) is 15.0 Å². The number of fused-ring (bicyclic) bond motifs is 1. The molecule has 2 N–H and O–H groups in total. The smallest absolute Gasteiger partial charge is 0.336 e. The topological polar surface area (TPSA) is 78.9 Å². The van der Waals surface area contributed by atoms with Crippen molar-refractivity contribution in [3.8, 4) is 11.1 Å². The third kappa shape index (κ3) is 2.95. The first-order valence-electron chi connectivity index (χ1n) is 8.33. The van der Waals surface area contributed by atoms with Crippen molar-refractivity contribution in [3.05, 3.63) is 83.3 Å². The van der Waals surface area contributed by atoms with Crippen LogP contribution in [0.25, 0.3) is 22.3 Å². The Balaban J connectivity index is 1.62. The van der Waals surface area contributed by atoms with Gasteiger partial charge < -0.3 is 10.1 Å². The molecule has 128 valence electrons. The molecule has 2 aromatic carbocycles. The molecule has 0 aliphatic carbocycles. The first-order chi connectivity index (χ1) is 12.6. The van der Waals surface area contributed by atoms with Crippen molar-refractivity contribution in [2.75, 3.05) is 0 Å². The van der Waals surface area contributed by atoms with Gasteiger partial charge in [0.2, 0.25) is 0 Å². The van der Waals surface area contributed by atoms with E-state index in [-0.39, 0.29) is 0 Å². The number of pyridine rings is 1. The van der Waals surface area contributed by atoms with E-state index in [1.165, 1.54) is 0 Å². The second kappa shape index (κ2) is 6.44. The molecule has 5 nitrogen and oxygen atoms in total. The Morgan fingerprint density at radius 1 is 1.08 bits per heavy atom. The maximum atomic E-state index is 11.4. The Labute approximate surface area is 150 Å². The summed E-state index contributed by atoms with van der Waals surface area (Å²) in [7, 11) is 0. The van der Waals surface area contributed by atoms with Crippen molar-refractivity contribution in [2.45, 2.75) is 13.3 Å². The highest BCUT2D eigenvalue weighted by molar-refractivity contribution is 5.96. The highest BCUT2D eigenvalue weighted by Gasteiger charge is 2.11. The van der Waals surface area contributed by atoms with E-state index in [1.54, 1.807) is 18.3 Å². The van der Waals surface area contributed by atoms with Crippen LogP contribution in [0.5, 0.6) is 0 Å². The molecule has 0 aliphatic heterocycles. The van der Waals surface area contributed by atoms with Crippen LogP contribution in [0.15, 0.2) is 60.8 Å². The molecule has 0 spiro atoms. The number of nitrogens with one attached hydrogen (secondary N) is 1. The molecule has 0 amide bonds. The van der Waals surface area contributed by atoms with Gasteiger partial charge in [-0.05, 0) is 41.3 Å². The summed E-state index contributed by atoms with van der Waals surface area (Å²) in [6.07, 6.45) is 2.42. The Kier molecular flexibility index (Phi) is 3.97. The van der Waals surface area contributed by atoms with E-state index in [0.29, 0.717) is 12.0 Å². The van der Waals surface area contributed by atoms with Crippen LogP contribution in [-0.4, -0.2) is 26.0 Å². The summed E-state index contributed by atoms with van der Waals surface area (Å²) in [4.78, 5) is 23.6. The fraction of sp³-hybridized carbons (Fsp3) is 0.0952. The largest absolute Gasteiger partial charge is 0.478 e. The van der Waals surface area contributed by atoms with Gasteiger partial charge in [-0.1, -0.05) is 42.5 Å². The van der Waals surface area contributed by atoms with Crippen LogP contribution in [0.4, 0.5) is 0 Å². The van der Waals surface area contributed by atoms with Crippen LogP contribution in [0.2, 0.25) is 0 Å². The molecule has 26 heavy (non-hydrogen) atoms. The maximum Gasteiger partial charge on any atom is 0.336 e. The van der Waals surface area contributed by atoms with Gasteiger partial charge in [-0.3, -0.25) is 0 Å². The zero-order valence-electron chi connectivity index (χ0n) is 14.2. The number of carboxylic acid groups (broad SMARTS) is 1. The summed E-state index contributed by atoms with van der Waals surface area (Å²) in [6, 6.07) is 16.9. The molecule has 0 saturated carbocycles. The predicted octanol–water partition coefficient (Wildman–Crippen LogP) is 4.22. The fourth-order valence-corrected chi connectivity index (χ4v) is 3.08. The highest BCUT2D eigenvalue weighted by atomic mass is 16.4. The quantitative estimate of drug-likeness (QED) is 0.581. The van der Waals surface area contributed by atoms with Gasteiger partial charge in [-0.25, -0.2) is 14.8 Å². The molecule has 0 saturated heterocycles. The zero-order chi connectivity index (χ0) is 18.1. The lowest BCUT2D eigenvalue weighted by molar-refractivity contribution is 0.0697. The molecule has 2 heterocycles. The van der Waals surface area contributed by atoms with E-state index < -0.39 is 5.97 Å². The summed E-state index contributed by atoms with van der Waals surface area (Å²) in [5.41, 5.74) is 5.82.